The van der Waals surface area contributed by atoms with Gasteiger partial charge in [-0.15, -0.1) is 0 Å². The topological polar surface area (TPSA) is 77.8 Å². The third kappa shape index (κ3) is 4.52. The Hall–Kier alpha value is -3.28. The highest BCUT2D eigenvalue weighted by atomic mass is 16.5. The monoisotopic (exact) mass is 381 g/mol. The zero-order valence-corrected chi connectivity index (χ0v) is 16.0. The molecule has 0 bridgehead atoms. The van der Waals surface area contributed by atoms with E-state index < -0.39 is 11.5 Å². The third-order valence-corrected chi connectivity index (χ3v) is 4.19. The fraction of sp³-hybridized carbons (Fsp3) is 0.273. The molecule has 0 aliphatic rings. The van der Waals surface area contributed by atoms with Crippen molar-refractivity contribution in [3.63, 3.8) is 0 Å². The Labute approximate surface area is 163 Å². The van der Waals surface area contributed by atoms with E-state index in [-0.39, 0.29) is 5.56 Å². The molecule has 1 amide bonds. The third-order valence-electron chi connectivity index (χ3n) is 4.19. The number of carbonyl (C=O) groups excluding carboxylic acids is 1. The summed E-state index contributed by atoms with van der Waals surface area (Å²) < 4.78 is 16.4. The molecule has 6 nitrogen and oxygen atoms in total. The fourth-order valence-electron chi connectivity index (χ4n) is 2.89. The van der Waals surface area contributed by atoms with Crippen LogP contribution < -0.4 is 20.4 Å². The van der Waals surface area contributed by atoms with Gasteiger partial charge in [0.25, 0.3) is 5.91 Å². The SMILES string of the molecule is CCOc1ccc(CCNC(=O)c2cc3ccccc3oc2=O)cc1OCC. The van der Waals surface area contributed by atoms with Crippen molar-refractivity contribution in [2.24, 2.45) is 0 Å². The number of rotatable bonds is 8. The molecule has 0 aliphatic heterocycles. The minimum atomic E-state index is -0.643. The van der Waals surface area contributed by atoms with E-state index in [1.54, 1.807) is 24.3 Å². The molecular formula is C22H23NO5. The molecule has 0 spiro atoms. The van der Waals surface area contributed by atoms with Crippen LogP contribution in [0.4, 0.5) is 0 Å². The highest BCUT2D eigenvalue weighted by Crippen LogP contribution is 2.28. The molecule has 0 fully saturated rings. The quantitative estimate of drug-likeness (QED) is 0.604. The summed E-state index contributed by atoms with van der Waals surface area (Å²) in [5, 5.41) is 3.48. The summed E-state index contributed by atoms with van der Waals surface area (Å²) in [5.74, 6) is 0.935. The molecule has 0 aliphatic carbocycles. The second-order valence-corrected chi connectivity index (χ2v) is 6.14. The van der Waals surface area contributed by atoms with Gasteiger partial charge in [0.2, 0.25) is 0 Å². The van der Waals surface area contributed by atoms with Gasteiger partial charge in [-0.3, -0.25) is 4.79 Å². The maximum absolute atomic E-state index is 12.4. The molecule has 2 aromatic carbocycles. The lowest BCUT2D eigenvalue weighted by Gasteiger charge is -2.12. The van der Waals surface area contributed by atoms with Crippen molar-refractivity contribution in [3.05, 3.63) is 70.1 Å². The first kappa shape index (κ1) is 19.5. The summed E-state index contributed by atoms with van der Waals surface area (Å²) in [6.07, 6.45) is 0.594. The van der Waals surface area contributed by atoms with E-state index >= 15 is 0 Å². The lowest BCUT2D eigenvalue weighted by atomic mass is 10.1. The van der Waals surface area contributed by atoms with Gasteiger partial charge in [-0.05, 0) is 50.1 Å². The average molecular weight is 381 g/mol. The average Bonchev–Trinajstić information content (AvgIpc) is 2.69. The molecule has 0 radical (unpaired) electrons. The van der Waals surface area contributed by atoms with E-state index in [9.17, 15) is 9.59 Å². The van der Waals surface area contributed by atoms with Crippen LogP contribution in [0.25, 0.3) is 11.0 Å². The standard InChI is InChI=1S/C22H23NO5/c1-3-26-19-10-9-15(13-20(19)27-4-2)11-12-23-21(24)17-14-16-7-5-6-8-18(16)28-22(17)25/h5-10,13-14H,3-4,11-12H2,1-2H3,(H,23,24). The zero-order chi connectivity index (χ0) is 19.9. The van der Waals surface area contributed by atoms with Crippen molar-refractivity contribution in [2.45, 2.75) is 20.3 Å². The van der Waals surface area contributed by atoms with Gasteiger partial charge in [-0.25, -0.2) is 4.79 Å². The molecule has 3 rings (SSSR count). The van der Waals surface area contributed by atoms with E-state index in [2.05, 4.69) is 5.32 Å². The van der Waals surface area contributed by atoms with Gasteiger partial charge in [0, 0.05) is 11.9 Å². The van der Waals surface area contributed by atoms with Crippen molar-refractivity contribution in [3.8, 4) is 11.5 Å². The van der Waals surface area contributed by atoms with Crippen molar-refractivity contribution >= 4 is 16.9 Å². The largest absolute Gasteiger partial charge is 0.490 e. The summed E-state index contributed by atoms with van der Waals surface area (Å²) in [6.45, 7) is 5.31. The Balaban J connectivity index is 1.66. The van der Waals surface area contributed by atoms with Gasteiger partial charge in [0.05, 0.1) is 13.2 Å². The number of para-hydroxylation sites is 1. The fourth-order valence-corrected chi connectivity index (χ4v) is 2.89. The van der Waals surface area contributed by atoms with E-state index in [1.807, 2.05) is 38.1 Å². The van der Waals surface area contributed by atoms with Crippen LogP contribution in [0.5, 0.6) is 11.5 Å². The molecule has 0 saturated heterocycles. The van der Waals surface area contributed by atoms with Gasteiger partial charge in [0.1, 0.15) is 11.1 Å². The highest BCUT2D eigenvalue weighted by molar-refractivity contribution is 5.96. The Kier molecular flexibility index (Phi) is 6.32. The van der Waals surface area contributed by atoms with Crippen molar-refractivity contribution < 1.29 is 18.7 Å². The molecule has 146 valence electrons. The molecule has 0 atom stereocenters. The van der Waals surface area contributed by atoms with Crippen LogP contribution in [0.3, 0.4) is 0 Å². The molecule has 1 N–H and O–H groups in total. The normalized spacial score (nSPS) is 10.6. The van der Waals surface area contributed by atoms with Gasteiger partial charge in [-0.1, -0.05) is 24.3 Å². The lowest BCUT2D eigenvalue weighted by Crippen LogP contribution is -2.29. The van der Waals surface area contributed by atoms with Crippen molar-refractivity contribution in [1.82, 2.24) is 5.32 Å². The van der Waals surface area contributed by atoms with Crippen LogP contribution in [-0.2, 0) is 6.42 Å². The first-order valence-corrected chi connectivity index (χ1v) is 9.32. The number of ether oxygens (including phenoxy) is 2. The van der Waals surface area contributed by atoms with Crippen LogP contribution in [-0.4, -0.2) is 25.7 Å². The molecule has 28 heavy (non-hydrogen) atoms. The van der Waals surface area contributed by atoms with Crippen LogP contribution in [0.1, 0.15) is 29.8 Å². The van der Waals surface area contributed by atoms with Gasteiger partial charge in [-0.2, -0.15) is 0 Å². The Morgan fingerprint density at radius 3 is 2.54 bits per heavy atom. The summed E-state index contributed by atoms with van der Waals surface area (Å²) in [7, 11) is 0. The molecule has 3 aromatic rings. The Morgan fingerprint density at radius 1 is 1.00 bits per heavy atom. The lowest BCUT2D eigenvalue weighted by molar-refractivity contribution is 0.0950. The van der Waals surface area contributed by atoms with E-state index in [0.717, 1.165) is 5.56 Å². The molecule has 0 unspecified atom stereocenters. The summed E-state index contributed by atoms with van der Waals surface area (Å²) in [6, 6.07) is 14.4. The summed E-state index contributed by atoms with van der Waals surface area (Å²) in [5.41, 5.74) is 0.816. The van der Waals surface area contributed by atoms with Crippen molar-refractivity contribution in [2.75, 3.05) is 19.8 Å². The Bertz CT molecular complexity index is 1020. The number of amides is 1. The second-order valence-electron chi connectivity index (χ2n) is 6.14. The summed E-state index contributed by atoms with van der Waals surface area (Å²) >= 11 is 0. The van der Waals surface area contributed by atoms with Gasteiger partial charge in [0.15, 0.2) is 11.5 Å². The highest BCUT2D eigenvalue weighted by Gasteiger charge is 2.13. The number of benzene rings is 2. The maximum Gasteiger partial charge on any atom is 0.349 e. The number of nitrogens with one attached hydrogen (secondary N) is 1. The molecule has 1 aromatic heterocycles. The predicted octanol–water partition coefficient (Wildman–Crippen LogP) is 3.56. The van der Waals surface area contributed by atoms with E-state index in [4.69, 9.17) is 13.9 Å². The van der Waals surface area contributed by atoms with E-state index in [1.165, 1.54) is 0 Å². The van der Waals surface area contributed by atoms with Crippen molar-refractivity contribution in [1.29, 1.82) is 0 Å². The second kappa shape index (κ2) is 9.08. The minimum absolute atomic E-state index is 0.000370. The number of fused-ring (bicyclic) bond motifs is 1. The Morgan fingerprint density at radius 2 is 1.75 bits per heavy atom. The van der Waals surface area contributed by atoms with Crippen LogP contribution in [0, 0.1) is 0 Å². The van der Waals surface area contributed by atoms with Gasteiger partial charge >= 0.3 is 5.63 Å². The minimum Gasteiger partial charge on any atom is -0.490 e. The predicted molar refractivity (Wildman–Crippen MR) is 107 cm³/mol. The first-order chi connectivity index (χ1) is 13.6. The number of carbonyl (C=O) groups is 1. The zero-order valence-electron chi connectivity index (χ0n) is 16.0. The smallest absolute Gasteiger partial charge is 0.349 e. The number of hydrogen-bond donors (Lipinski definition) is 1. The number of hydrogen-bond acceptors (Lipinski definition) is 5. The summed E-state index contributed by atoms with van der Waals surface area (Å²) in [4.78, 5) is 24.5. The van der Waals surface area contributed by atoms with E-state index in [0.29, 0.717) is 48.6 Å². The first-order valence-electron chi connectivity index (χ1n) is 9.32. The van der Waals surface area contributed by atoms with Crippen LogP contribution in [0.2, 0.25) is 0 Å². The molecule has 1 heterocycles. The molecule has 0 saturated carbocycles. The molecular weight excluding hydrogens is 358 g/mol. The molecule has 6 heteroatoms. The van der Waals surface area contributed by atoms with Crippen LogP contribution in [0.15, 0.2) is 57.7 Å². The van der Waals surface area contributed by atoms with Crippen LogP contribution >= 0.6 is 0 Å². The maximum atomic E-state index is 12.4. The van der Waals surface area contributed by atoms with Gasteiger partial charge < -0.3 is 19.2 Å².